The van der Waals surface area contributed by atoms with Crippen molar-refractivity contribution in [3.63, 3.8) is 0 Å². The molecule has 0 radical (unpaired) electrons. The van der Waals surface area contributed by atoms with E-state index in [0.717, 1.165) is 30.2 Å². The SMILES string of the molecule is Cc1cccc(N(CC(=O)NCC2(c3ccccc3)CCOCC2)S(C)(=O)=O)c1C. The van der Waals surface area contributed by atoms with Gasteiger partial charge in [-0.1, -0.05) is 42.5 Å². The second-order valence-electron chi connectivity index (χ2n) is 8.02. The number of amides is 1. The average Bonchev–Trinajstić information content (AvgIpc) is 2.73. The molecule has 0 unspecified atom stereocenters. The molecular weight excluding hydrogens is 400 g/mol. The molecular formula is C23H30N2O4S. The second-order valence-corrected chi connectivity index (χ2v) is 9.93. The Morgan fingerprint density at radius 2 is 1.73 bits per heavy atom. The maximum Gasteiger partial charge on any atom is 0.240 e. The Hall–Kier alpha value is -2.38. The number of aryl methyl sites for hydroxylation is 1. The molecule has 1 aliphatic heterocycles. The van der Waals surface area contributed by atoms with Crippen LogP contribution in [-0.2, 0) is 25.0 Å². The zero-order valence-electron chi connectivity index (χ0n) is 17.8. The Bertz CT molecular complexity index is 984. The van der Waals surface area contributed by atoms with Gasteiger partial charge >= 0.3 is 0 Å². The number of hydrogen-bond acceptors (Lipinski definition) is 4. The fourth-order valence-corrected chi connectivity index (χ4v) is 4.87. The molecule has 0 bridgehead atoms. The summed E-state index contributed by atoms with van der Waals surface area (Å²) in [7, 11) is -3.61. The van der Waals surface area contributed by atoms with Crippen LogP contribution in [0.3, 0.4) is 0 Å². The number of benzene rings is 2. The Morgan fingerprint density at radius 1 is 1.07 bits per heavy atom. The quantitative estimate of drug-likeness (QED) is 0.733. The molecule has 0 aromatic heterocycles. The average molecular weight is 431 g/mol. The summed E-state index contributed by atoms with van der Waals surface area (Å²) in [4.78, 5) is 12.8. The molecule has 1 fully saturated rings. The van der Waals surface area contributed by atoms with Crippen molar-refractivity contribution < 1.29 is 17.9 Å². The molecule has 7 heteroatoms. The molecule has 1 aliphatic rings. The first-order valence-electron chi connectivity index (χ1n) is 10.2. The van der Waals surface area contributed by atoms with Gasteiger partial charge in [0.2, 0.25) is 15.9 Å². The third-order valence-electron chi connectivity index (χ3n) is 5.99. The van der Waals surface area contributed by atoms with Crippen molar-refractivity contribution in [3.8, 4) is 0 Å². The molecule has 162 valence electrons. The van der Waals surface area contributed by atoms with E-state index in [-0.39, 0.29) is 17.9 Å². The summed E-state index contributed by atoms with van der Waals surface area (Å²) in [6.45, 7) is 5.28. The first kappa shape index (κ1) is 22.3. The number of carbonyl (C=O) groups is 1. The van der Waals surface area contributed by atoms with Crippen molar-refractivity contribution >= 4 is 21.6 Å². The number of hydrogen-bond donors (Lipinski definition) is 1. The van der Waals surface area contributed by atoms with E-state index in [2.05, 4.69) is 17.4 Å². The van der Waals surface area contributed by atoms with Gasteiger partial charge in [0.1, 0.15) is 6.54 Å². The van der Waals surface area contributed by atoms with Crippen LogP contribution in [0.25, 0.3) is 0 Å². The van der Waals surface area contributed by atoms with Crippen LogP contribution in [0.5, 0.6) is 0 Å². The zero-order chi connectivity index (χ0) is 21.8. The van der Waals surface area contributed by atoms with Gasteiger partial charge in [-0.15, -0.1) is 0 Å². The van der Waals surface area contributed by atoms with Crippen LogP contribution >= 0.6 is 0 Å². The van der Waals surface area contributed by atoms with Gasteiger partial charge in [0.25, 0.3) is 0 Å². The van der Waals surface area contributed by atoms with Crippen LogP contribution < -0.4 is 9.62 Å². The van der Waals surface area contributed by atoms with Crippen LogP contribution in [0.2, 0.25) is 0 Å². The Morgan fingerprint density at radius 3 is 2.37 bits per heavy atom. The second kappa shape index (κ2) is 9.18. The van der Waals surface area contributed by atoms with E-state index in [0.29, 0.717) is 25.4 Å². The minimum absolute atomic E-state index is 0.204. The number of rotatable bonds is 7. The number of ether oxygens (including phenoxy) is 1. The normalized spacial score (nSPS) is 16.1. The lowest BCUT2D eigenvalue weighted by Gasteiger charge is -2.38. The number of nitrogens with one attached hydrogen (secondary N) is 1. The molecule has 6 nitrogen and oxygen atoms in total. The van der Waals surface area contributed by atoms with Gasteiger partial charge in [-0.3, -0.25) is 9.10 Å². The summed E-state index contributed by atoms with van der Waals surface area (Å²) in [6, 6.07) is 15.6. The molecule has 2 aromatic rings. The maximum absolute atomic E-state index is 12.8. The largest absolute Gasteiger partial charge is 0.381 e. The molecule has 1 N–H and O–H groups in total. The summed E-state index contributed by atoms with van der Waals surface area (Å²) >= 11 is 0. The van der Waals surface area contributed by atoms with E-state index < -0.39 is 10.0 Å². The van der Waals surface area contributed by atoms with Crippen molar-refractivity contribution in [1.29, 1.82) is 0 Å². The van der Waals surface area contributed by atoms with Crippen LogP contribution in [0.1, 0.15) is 29.5 Å². The van der Waals surface area contributed by atoms with Gasteiger partial charge in [0.15, 0.2) is 0 Å². The summed E-state index contributed by atoms with van der Waals surface area (Å²) in [5, 5.41) is 3.00. The van der Waals surface area contributed by atoms with E-state index in [1.54, 1.807) is 12.1 Å². The molecule has 1 amide bonds. The topological polar surface area (TPSA) is 75.7 Å². The molecule has 0 aliphatic carbocycles. The smallest absolute Gasteiger partial charge is 0.240 e. The molecule has 0 saturated carbocycles. The molecule has 0 spiro atoms. The number of nitrogens with zero attached hydrogens (tertiary/aromatic N) is 1. The van der Waals surface area contributed by atoms with E-state index in [9.17, 15) is 13.2 Å². The Kier molecular flexibility index (Phi) is 6.83. The fourth-order valence-electron chi connectivity index (χ4n) is 3.96. The third-order valence-corrected chi connectivity index (χ3v) is 7.12. The highest BCUT2D eigenvalue weighted by Crippen LogP contribution is 2.34. The van der Waals surface area contributed by atoms with Gasteiger partial charge in [0, 0.05) is 25.2 Å². The summed E-state index contributed by atoms with van der Waals surface area (Å²) in [5.41, 5.74) is 3.33. The maximum atomic E-state index is 12.8. The molecule has 1 heterocycles. The fraction of sp³-hybridized carbons (Fsp3) is 0.435. The van der Waals surface area contributed by atoms with Gasteiger partial charge in [0.05, 0.1) is 11.9 Å². The van der Waals surface area contributed by atoms with Crippen LogP contribution in [-0.4, -0.2) is 46.9 Å². The number of carbonyl (C=O) groups excluding carboxylic acids is 1. The van der Waals surface area contributed by atoms with Crippen LogP contribution in [0.15, 0.2) is 48.5 Å². The number of anilines is 1. The summed E-state index contributed by atoms with van der Waals surface area (Å²) < 4.78 is 31.6. The summed E-state index contributed by atoms with van der Waals surface area (Å²) in [6.07, 6.45) is 2.75. The van der Waals surface area contributed by atoms with Gasteiger partial charge in [-0.25, -0.2) is 8.42 Å². The van der Waals surface area contributed by atoms with Crippen LogP contribution in [0.4, 0.5) is 5.69 Å². The molecule has 2 aromatic carbocycles. The zero-order valence-corrected chi connectivity index (χ0v) is 18.7. The van der Waals surface area contributed by atoms with E-state index in [4.69, 9.17) is 4.74 Å². The minimum atomic E-state index is -3.61. The Balaban J connectivity index is 1.77. The van der Waals surface area contributed by atoms with Crippen molar-refractivity contribution in [3.05, 3.63) is 65.2 Å². The third kappa shape index (κ3) is 5.02. The highest BCUT2D eigenvalue weighted by atomic mass is 32.2. The molecule has 1 saturated heterocycles. The van der Waals surface area contributed by atoms with Crippen molar-refractivity contribution in [2.45, 2.75) is 32.1 Å². The van der Waals surface area contributed by atoms with Crippen molar-refractivity contribution in [2.75, 3.05) is 36.9 Å². The predicted molar refractivity (Wildman–Crippen MR) is 119 cm³/mol. The van der Waals surface area contributed by atoms with Gasteiger partial charge in [-0.05, 0) is 49.4 Å². The van der Waals surface area contributed by atoms with E-state index in [1.807, 2.05) is 38.1 Å². The van der Waals surface area contributed by atoms with E-state index >= 15 is 0 Å². The molecule has 3 rings (SSSR count). The Labute approximate surface area is 179 Å². The lowest BCUT2D eigenvalue weighted by atomic mass is 9.74. The highest BCUT2D eigenvalue weighted by Gasteiger charge is 2.35. The predicted octanol–water partition coefficient (Wildman–Crippen LogP) is 2.93. The van der Waals surface area contributed by atoms with Crippen LogP contribution in [0, 0.1) is 13.8 Å². The lowest BCUT2D eigenvalue weighted by Crippen LogP contribution is -2.48. The van der Waals surface area contributed by atoms with Gasteiger partial charge < -0.3 is 10.1 Å². The molecule has 30 heavy (non-hydrogen) atoms. The minimum Gasteiger partial charge on any atom is -0.381 e. The first-order chi connectivity index (χ1) is 14.2. The van der Waals surface area contributed by atoms with Gasteiger partial charge in [-0.2, -0.15) is 0 Å². The standard InChI is InChI=1S/C23H30N2O4S/c1-18-8-7-11-21(19(18)2)25(30(3,27)28)16-22(26)24-17-23(12-14-29-15-13-23)20-9-5-4-6-10-20/h4-11H,12-17H2,1-3H3,(H,24,26). The lowest BCUT2D eigenvalue weighted by molar-refractivity contribution is -0.120. The van der Waals surface area contributed by atoms with E-state index in [1.165, 1.54) is 9.87 Å². The van der Waals surface area contributed by atoms with Crippen molar-refractivity contribution in [2.24, 2.45) is 0 Å². The number of sulfonamides is 1. The molecule has 0 atom stereocenters. The first-order valence-corrected chi connectivity index (χ1v) is 12.0. The summed E-state index contributed by atoms with van der Waals surface area (Å²) in [5.74, 6) is -0.317. The monoisotopic (exact) mass is 430 g/mol. The van der Waals surface area contributed by atoms with Crippen molar-refractivity contribution in [1.82, 2.24) is 5.32 Å². The highest BCUT2D eigenvalue weighted by molar-refractivity contribution is 7.92.